The number of methoxy groups -OCH3 is 3. The fourth-order valence-corrected chi connectivity index (χ4v) is 3.22. The third kappa shape index (κ3) is 3.43. The third-order valence-electron chi connectivity index (χ3n) is 4.43. The Labute approximate surface area is 142 Å². The minimum Gasteiger partial charge on any atom is -0.497 e. The normalized spacial score (nSPS) is 17.7. The number of benzene rings is 1. The fourth-order valence-electron chi connectivity index (χ4n) is 3.22. The third-order valence-corrected chi connectivity index (χ3v) is 4.43. The SMILES string of the molecule is COc1ccc(OC)c([C@@H]2CCCN2Cc2ccc(OC)nn2)c1. The zero-order chi connectivity index (χ0) is 16.9. The lowest BCUT2D eigenvalue weighted by Gasteiger charge is -2.26. The Morgan fingerprint density at radius 3 is 2.58 bits per heavy atom. The van der Waals surface area contributed by atoms with E-state index in [0.717, 1.165) is 48.7 Å². The van der Waals surface area contributed by atoms with Gasteiger partial charge in [0.05, 0.1) is 27.0 Å². The van der Waals surface area contributed by atoms with Crippen LogP contribution in [0.15, 0.2) is 30.3 Å². The zero-order valence-electron chi connectivity index (χ0n) is 14.4. The van der Waals surface area contributed by atoms with Crippen molar-refractivity contribution in [3.8, 4) is 17.4 Å². The molecule has 1 aliphatic rings. The molecular weight excluding hydrogens is 306 g/mol. The minimum absolute atomic E-state index is 0.291. The maximum Gasteiger partial charge on any atom is 0.233 e. The van der Waals surface area contributed by atoms with E-state index in [1.54, 1.807) is 21.3 Å². The number of nitrogens with zero attached hydrogens (tertiary/aromatic N) is 3. The zero-order valence-corrected chi connectivity index (χ0v) is 14.4. The number of ether oxygens (including phenoxy) is 3. The van der Waals surface area contributed by atoms with E-state index in [2.05, 4.69) is 21.2 Å². The summed E-state index contributed by atoms with van der Waals surface area (Å²) in [6.45, 7) is 1.78. The maximum atomic E-state index is 5.56. The molecule has 0 N–H and O–H groups in total. The molecule has 2 heterocycles. The molecule has 0 amide bonds. The predicted octanol–water partition coefficient (Wildman–Crippen LogP) is 2.84. The van der Waals surface area contributed by atoms with E-state index in [4.69, 9.17) is 14.2 Å². The Bertz CT molecular complexity index is 676. The minimum atomic E-state index is 0.291. The molecule has 0 unspecified atom stereocenters. The summed E-state index contributed by atoms with van der Waals surface area (Å²) in [6.07, 6.45) is 2.24. The van der Waals surface area contributed by atoms with Crippen LogP contribution in [0.2, 0.25) is 0 Å². The van der Waals surface area contributed by atoms with Crippen LogP contribution in [0.5, 0.6) is 17.4 Å². The Balaban J connectivity index is 1.82. The molecule has 1 aromatic carbocycles. The van der Waals surface area contributed by atoms with E-state index in [1.807, 2.05) is 24.3 Å². The first-order chi connectivity index (χ1) is 11.7. The van der Waals surface area contributed by atoms with Crippen LogP contribution >= 0.6 is 0 Å². The van der Waals surface area contributed by atoms with Crippen LogP contribution in [-0.2, 0) is 6.54 Å². The highest BCUT2D eigenvalue weighted by atomic mass is 16.5. The van der Waals surface area contributed by atoms with Crippen LogP contribution in [-0.4, -0.2) is 43.0 Å². The molecule has 24 heavy (non-hydrogen) atoms. The number of hydrogen-bond acceptors (Lipinski definition) is 6. The van der Waals surface area contributed by atoms with Crippen LogP contribution in [0.25, 0.3) is 0 Å². The second-order valence-electron chi connectivity index (χ2n) is 5.80. The van der Waals surface area contributed by atoms with Gasteiger partial charge in [-0.3, -0.25) is 4.90 Å². The number of hydrogen-bond donors (Lipinski definition) is 0. The van der Waals surface area contributed by atoms with Crippen molar-refractivity contribution < 1.29 is 14.2 Å². The summed E-state index contributed by atoms with van der Waals surface area (Å²) in [5.74, 6) is 2.28. The molecule has 1 saturated heterocycles. The van der Waals surface area contributed by atoms with E-state index >= 15 is 0 Å². The van der Waals surface area contributed by atoms with Crippen molar-refractivity contribution in [1.29, 1.82) is 0 Å². The smallest absolute Gasteiger partial charge is 0.233 e. The maximum absolute atomic E-state index is 5.56. The van der Waals surface area contributed by atoms with Crippen LogP contribution in [0, 0.1) is 0 Å². The highest BCUT2D eigenvalue weighted by Gasteiger charge is 2.29. The molecular formula is C18H23N3O3. The summed E-state index contributed by atoms with van der Waals surface area (Å²) < 4.78 is 16.0. The lowest BCUT2D eigenvalue weighted by atomic mass is 10.0. The first-order valence-electron chi connectivity index (χ1n) is 8.07. The number of rotatable bonds is 6. The standard InChI is InChI=1S/C18H23N3O3/c1-22-14-7-8-17(23-2)15(11-14)16-5-4-10-21(16)12-13-6-9-18(24-3)20-19-13/h6-9,11,16H,4-5,10,12H2,1-3H3/t16-/m0/s1. The summed E-state index contributed by atoms with van der Waals surface area (Å²) in [5.41, 5.74) is 2.10. The van der Waals surface area contributed by atoms with Gasteiger partial charge in [-0.25, -0.2) is 0 Å². The van der Waals surface area contributed by atoms with E-state index in [1.165, 1.54) is 0 Å². The number of aromatic nitrogens is 2. The van der Waals surface area contributed by atoms with E-state index in [9.17, 15) is 0 Å². The van der Waals surface area contributed by atoms with Gasteiger partial charge in [-0.15, -0.1) is 5.10 Å². The highest BCUT2D eigenvalue weighted by Crippen LogP contribution is 2.39. The molecule has 0 aliphatic carbocycles. The second-order valence-corrected chi connectivity index (χ2v) is 5.80. The molecule has 6 nitrogen and oxygen atoms in total. The predicted molar refractivity (Wildman–Crippen MR) is 90.5 cm³/mol. The molecule has 6 heteroatoms. The van der Waals surface area contributed by atoms with Gasteiger partial charge in [0.1, 0.15) is 11.5 Å². The van der Waals surface area contributed by atoms with E-state index in [0.29, 0.717) is 11.9 Å². The molecule has 2 aromatic rings. The quantitative estimate of drug-likeness (QED) is 0.812. The van der Waals surface area contributed by atoms with Gasteiger partial charge >= 0.3 is 0 Å². The van der Waals surface area contributed by atoms with Crippen molar-refractivity contribution in [3.05, 3.63) is 41.6 Å². The molecule has 0 spiro atoms. The van der Waals surface area contributed by atoms with Gasteiger partial charge in [-0.2, -0.15) is 5.10 Å². The molecule has 1 aliphatic heterocycles. The Kier molecular flexibility index (Phi) is 5.15. The summed E-state index contributed by atoms with van der Waals surface area (Å²) in [6, 6.07) is 10.1. The number of likely N-dealkylation sites (tertiary alicyclic amines) is 1. The highest BCUT2D eigenvalue weighted by molar-refractivity contribution is 5.42. The van der Waals surface area contributed by atoms with E-state index in [-0.39, 0.29) is 0 Å². The van der Waals surface area contributed by atoms with Crippen LogP contribution in [0.1, 0.15) is 30.1 Å². The second kappa shape index (κ2) is 7.49. The average molecular weight is 329 g/mol. The monoisotopic (exact) mass is 329 g/mol. The summed E-state index contributed by atoms with van der Waals surface area (Å²) in [4.78, 5) is 2.41. The largest absolute Gasteiger partial charge is 0.497 e. The van der Waals surface area contributed by atoms with Gasteiger partial charge in [0.15, 0.2) is 0 Å². The van der Waals surface area contributed by atoms with Crippen molar-refractivity contribution in [2.24, 2.45) is 0 Å². The molecule has 0 radical (unpaired) electrons. The van der Waals surface area contributed by atoms with Crippen molar-refractivity contribution in [2.75, 3.05) is 27.9 Å². The first-order valence-corrected chi connectivity index (χ1v) is 8.07. The molecule has 1 fully saturated rings. The lowest BCUT2D eigenvalue weighted by molar-refractivity contribution is 0.238. The van der Waals surface area contributed by atoms with Crippen molar-refractivity contribution >= 4 is 0 Å². The van der Waals surface area contributed by atoms with Gasteiger partial charge in [0, 0.05) is 24.2 Å². The van der Waals surface area contributed by atoms with Gasteiger partial charge in [-0.05, 0) is 43.7 Å². The average Bonchev–Trinajstić information content (AvgIpc) is 3.09. The first kappa shape index (κ1) is 16.5. The topological polar surface area (TPSA) is 56.7 Å². The van der Waals surface area contributed by atoms with Crippen LogP contribution < -0.4 is 14.2 Å². The van der Waals surface area contributed by atoms with Crippen molar-refractivity contribution in [2.45, 2.75) is 25.4 Å². The van der Waals surface area contributed by atoms with Crippen LogP contribution in [0.3, 0.4) is 0 Å². The molecule has 0 saturated carbocycles. The van der Waals surface area contributed by atoms with Crippen molar-refractivity contribution in [1.82, 2.24) is 15.1 Å². The van der Waals surface area contributed by atoms with E-state index < -0.39 is 0 Å². The molecule has 1 atom stereocenters. The summed E-state index contributed by atoms with van der Waals surface area (Å²) >= 11 is 0. The molecule has 128 valence electrons. The van der Waals surface area contributed by atoms with Gasteiger partial charge in [-0.1, -0.05) is 0 Å². The van der Waals surface area contributed by atoms with Gasteiger partial charge < -0.3 is 14.2 Å². The fraction of sp³-hybridized carbons (Fsp3) is 0.444. The molecule has 0 bridgehead atoms. The van der Waals surface area contributed by atoms with Gasteiger partial charge in [0.25, 0.3) is 0 Å². The van der Waals surface area contributed by atoms with Crippen molar-refractivity contribution in [3.63, 3.8) is 0 Å². The summed E-state index contributed by atoms with van der Waals surface area (Å²) in [7, 11) is 4.99. The molecule has 3 rings (SSSR count). The Hall–Kier alpha value is -2.34. The lowest BCUT2D eigenvalue weighted by Crippen LogP contribution is -2.24. The van der Waals surface area contributed by atoms with Gasteiger partial charge in [0.2, 0.25) is 5.88 Å². The molecule has 1 aromatic heterocycles. The Morgan fingerprint density at radius 1 is 1.04 bits per heavy atom. The van der Waals surface area contributed by atoms with Crippen LogP contribution in [0.4, 0.5) is 0 Å². The summed E-state index contributed by atoms with van der Waals surface area (Å²) in [5, 5.41) is 8.30. The Morgan fingerprint density at radius 2 is 1.92 bits per heavy atom.